The van der Waals surface area contributed by atoms with E-state index in [2.05, 4.69) is 0 Å². The van der Waals surface area contributed by atoms with Gasteiger partial charge in [-0.05, 0) is 13.0 Å². The highest BCUT2D eigenvalue weighted by Crippen LogP contribution is 2.30. The predicted octanol–water partition coefficient (Wildman–Crippen LogP) is 0.753. The molecule has 1 aromatic carbocycles. The van der Waals surface area contributed by atoms with Gasteiger partial charge in [0.1, 0.15) is 0 Å². The number of nitro benzene ring substituents is 1. The minimum atomic E-state index is -0.762. The molecule has 0 fully saturated rings. The second-order valence-electron chi connectivity index (χ2n) is 3.88. The number of carbonyl (C=O) groups excluding carboxylic acids is 1. The first-order chi connectivity index (χ1) is 8.40. The van der Waals surface area contributed by atoms with E-state index in [1.165, 1.54) is 24.1 Å². The smallest absolute Gasteiger partial charge is 0.311 e. The Morgan fingerprint density at radius 3 is 2.67 bits per heavy atom. The number of hydrogen-bond donors (Lipinski definition) is 2. The van der Waals surface area contributed by atoms with Gasteiger partial charge >= 0.3 is 5.69 Å². The van der Waals surface area contributed by atoms with E-state index in [9.17, 15) is 20.0 Å². The third-order valence-electron chi connectivity index (χ3n) is 2.69. The summed E-state index contributed by atoms with van der Waals surface area (Å²) in [4.78, 5) is 23.1. The van der Waals surface area contributed by atoms with E-state index >= 15 is 0 Å². The highest BCUT2D eigenvalue weighted by molar-refractivity contribution is 5.98. The molecule has 98 valence electrons. The molecule has 7 heteroatoms. The average molecular weight is 254 g/mol. The zero-order chi connectivity index (χ0) is 13.9. The Morgan fingerprint density at radius 1 is 1.56 bits per heavy atom. The second-order valence-corrected chi connectivity index (χ2v) is 3.88. The van der Waals surface area contributed by atoms with Crippen LogP contribution in [0, 0.1) is 10.1 Å². The minimum absolute atomic E-state index is 0.160. The molecule has 0 aromatic heterocycles. The van der Waals surface area contributed by atoms with E-state index in [-0.39, 0.29) is 12.2 Å². The zero-order valence-corrected chi connectivity index (χ0v) is 10.0. The molecule has 0 aliphatic rings. The van der Waals surface area contributed by atoms with Crippen molar-refractivity contribution < 1.29 is 19.9 Å². The highest BCUT2D eigenvalue weighted by Gasteiger charge is 2.24. The summed E-state index contributed by atoms with van der Waals surface area (Å²) in [5.74, 6) is -1.25. The molecule has 0 spiro atoms. The Morgan fingerprint density at radius 2 is 2.17 bits per heavy atom. The van der Waals surface area contributed by atoms with Crippen molar-refractivity contribution in [2.24, 2.45) is 0 Å². The lowest BCUT2D eigenvalue weighted by atomic mass is 10.1. The lowest BCUT2D eigenvalue weighted by Crippen LogP contribution is -2.37. The SMILES string of the molecule is CC(CO)N(C)C(=O)c1cccc([N+](=O)[O-])c1O. The number of amides is 1. The number of hydrogen-bond acceptors (Lipinski definition) is 5. The molecule has 0 saturated heterocycles. The number of aromatic hydroxyl groups is 1. The number of rotatable bonds is 4. The molecule has 1 atom stereocenters. The molecule has 18 heavy (non-hydrogen) atoms. The first-order valence-electron chi connectivity index (χ1n) is 5.24. The molecular weight excluding hydrogens is 240 g/mol. The Balaban J connectivity index is 3.14. The van der Waals surface area contributed by atoms with E-state index in [1.54, 1.807) is 6.92 Å². The number of likely N-dealkylation sites (N-methyl/N-ethyl adjacent to an activating group) is 1. The summed E-state index contributed by atoms with van der Waals surface area (Å²) < 4.78 is 0. The summed E-state index contributed by atoms with van der Waals surface area (Å²) in [7, 11) is 1.45. The predicted molar refractivity (Wildman–Crippen MR) is 63.4 cm³/mol. The van der Waals surface area contributed by atoms with Crippen molar-refractivity contribution in [2.75, 3.05) is 13.7 Å². The van der Waals surface area contributed by atoms with Gasteiger partial charge in [-0.2, -0.15) is 0 Å². The lowest BCUT2D eigenvalue weighted by molar-refractivity contribution is -0.385. The Labute approximate surface area is 103 Å². The topological polar surface area (TPSA) is 104 Å². The standard InChI is InChI=1S/C11H14N2O5/c1-7(6-14)12(2)11(16)8-4-3-5-9(10(8)15)13(17)18/h3-5,7,14-15H,6H2,1-2H3. The summed E-state index contributed by atoms with van der Waals surface area (Å²) in [6.07, 6.45) is 0. The van der Waals surface area contributed by atoms with Gasteiger partial charge in [0.25, 0.3) is 5.91 Å². The van der Waals surface area contributed by atoms with Gasteiger partial charge in [-0.15, -0.1) is 0 Å². The fraction of sp³-hybridized carbons (Fsp3) is 0.364. The molecule has 0 bridgehead atoms. The molecule has 0 aliphatic carbocycles. The van der Waals surface area contributed by atoms with Crippen molar-refractivity contribution in [2.45, 2.75) is 13.0 Å². The molecular formula is C11H14N2O5. The summed E-state index contributed by atoms with van der Waals surface area (Å²) >= 11 is 0. The Bertz CT molecular complexity index is 475. The van der Waals surface area contributed by atoms with E-state index in [4.69, 9.17) is 5.11 Å². The van der Waals surface area contributed by atoms with Gasteiger partial charge < -0.3 is 15.1 Å². The maximum absolute atomic E-state index is 12.0. The minimum Gasteiger partial charge on any atom is -0.502 e. The number of nitro groups is 1. The number of aliphatic hydroxyl groups excluding tert-OH is 1. The van der Waals surface area contributed by atoms with Crippen LogP contribution in [-0.2, 0) is 0 Å². The van der Waals surface area contributed by atoms with Gasteiger partial charge in [0, 0.05) is 13.1 Å². The molecule has 0 heterocycles. The second kappa shape index (κ2) is 5.46. The fourth-order valence-corrected chi connectivity index (χ4v) is 1.36. The van der Waals surface area contributed by atoms with Crippen molar-refractivity contribution in [3.8, 4) is 5.75 Å². The zero-order valence-electron chi connectivity index (χ0n) is 10.0. The van der Waals surface area contributed by atoms with Crippen LogP contribution in [0.5, 0.6) is 5.75 Å². The van der Waals surface area contributed by atoms with Crippen LogP contribution in [0.15, 0.2) is 18.2 Å². The van der Waals surface area contributed by atoms with Gasteiger partial charge in [-0.1, -0.05) is 6.07 Å². The van der Waals surface area contributed by atoms with E-state index < -0.39 is 28.3 Å². The lowest BCUT2D eigenvalue weighted by Gasteiger charge is -2.23. The molecule has 0 aliphatic heterocycles. The van der Waals surface area contributed by atoms with Crippen LogP contribution in [0.4, 0.5) is 5.69 Å². The molecule has 0 radical (unpaired) electrons. The maximum Gasteiger partial charge on any atom is 0.311 e. The van der Waals surface area contributed by atoms with Crippen LogP contribution < -0.4 is 0 Å². The monoisotopic (exact) mass is 254 g/mol. The summed E-state index contributed by atoms with van der Waals surface area (Å²) in [5, 5.41) is 29.3. The van der Waals surface area contributed by atoms with Gasteiger partial charge in [0.05, 0.1) is 23.1 Å². The van der Waals surface area contributed by atoms with Crippen LogP contribution in [-0.4, -0.2) is 45.6 Å². The van der Waals surface area contributed by atoms with Crippen molar-refractivity contribution >= 4 is 11.6 Å². The molecule has 1 unspecified atom stereocenters. The van der Waals surface area contributed by atoms with Crippen molar-refractivity contribution in [3.05, 3.63) is 33.9 Å². The number of nitrogens with zero attached hydrogens (tertiary/aromatic N) is 2. The van der Waals surface area contributed by atoms with Crippen molar-refractivity contribution in [3.63, 3.8) is 0 Å². The number of benzene rings is 1. The van der Waals surface area contributed by atoms with Gasteiger partial charge in [0.2, 0.25) is 5.75 Å². The number of para-hydroxylation sites is 1. The van der Waals surface area contributed by atoms with Crippen LogP contribution in [0.3, 0.4) is 0 Å². The van der Waals surface area contributed by atoms with Gasteiger partial charge in [0.15, 0.2) is 0 Å². The summed E-state index contributed by atoms with van der Waals surface area (Å²) in [6, 6.07) is 3.28. The molecule has 7 nitrogen and oxygen atoms in total. The number of carbonyl (C=O) groups is 1. The molecule has 1 aromatic rings. The quantitative estimate of drug-likeness (QED) is 0.609. The number of phenols is 1. The van der Waals surface area contributed by atoms with Crippen LogP contribution >= 0.6 is 0 Å². The first kappa shape index (κ1) is 13.9. The molecule has 2 N–H and O–H groups in total. The maximum atomic E-state index is 12.0. The van der Waals surface area contributed by atoms with E-state index in [0.717, 1.165) is 6.07 Å². The largest absolute Gasteiger partial charge is 0.502 e. The number of phenolic OH excluding ortho intramolecular Hbond substituents is 1. The fourth-order valence-electron chi connectivity index (χ4n) is 1.36. The molecule has 0 saturated carbocycles. The average Bonchev–Trinajstić information content (AvgIpc) is 2.36. The first-order valence-corrected chi connectivity index (χ1v) is 5.24. The third-order valence-corrected chi connectivity index (χ3v) is 2.69. The summed E-state index contributed by atoms with van der Waals surface area (Å²) in [5.41, 5.74) is -0.682. The molecule has 1 amide bonds. The Hall–Kier alpha value is -2.15. The van der Waals surface area contributed by atoms with Crippen LogP contribution in [0.25, 0.3) is 0 Å². The third kappa shape index (κ3) is 2.57. The van der Waals surface area contributed by atoms with Gasteiger partial charge in [-0.25, -0.2) is 0 Å². The summed E-state index contributed by atoms with van der Waals surface area (Å²) in [6.45, 7) is 1.38. The normalized spacial score (nSPS) is 11.9. The van der Waals surface area contributed by atoms with Crippen LogP contribution in [0.1, 0.15) is 17.3 Å². The highest BCUT2D eigenvalue weighted by atomic mass is 16.6. The Kier molecular flexibility index (Phi) is 4.22. The van der Waals surface area contributed by atoms with Gasteiger partial charge in [-0.3, -0.25) is 14.9 Å². The van der Waals surface area contributed by atoms with E-state index in [1.807, 2.05) is 0 Å². The van der Waals surface area contributed by atoms with Crippen molar-refractivity contribution in [1.82, 2.24) is 4.90 Å². The van der Waals surface area contributed by atoms with Crippen molar-refractivity contribution in [1.29, 1.82) is 0 Å². The molecule has 1 rings (SSSR count). The number of aliphatic hydroxyl groups is 1. The van der Waals surface area contributed by atoms with E-state index in [0.29, 0.717) is 0 Å². The van der Waals surface area contributed by atoms with Crippen LogP contribution in [0.2, 0.25) is 0 Å².